The van der Waals surface area contributed by atoms with Crippen molar-refractivity contribution in [2.45, 2.75) is 33.2 Å². The van der Waals surface area contributed by atoms with Crippen LogP contribution in [0.2, 0.25) is 0 Å². The standard InChI is InChI=1S/C10H25N3/c1-4-10(9-11)12-7-8-13(5-2)6-3/h10,12H,4-9,11H2,1-3H3. The fraction of sp³-hybridized carbons (Fsp3) is 1.00. The van der Waals surface area contributed by atoms with Gasteiger partial charge in [-0.2, -0.15) is 0 Å². The third-order valence-electron chi connectivity index (χ3n) is 2.53. The van der Waals surface area contributed by atoms with Crippen molar-refractivity contribution in [1.82, 2.24) is 10.2 Å². The van der Waals surface area contributed by atoms with Gasteiger partial charge in [-0.3, -0.25) is 0 Å². The summed E-state index contributed by atoms with van der Waals surface area (Å²) in [7, 11) is 0. The molecule has 3 N–H and O–H groups in total. The summed E-state index contributed by atoms with van der Waals surface area (Å²) < 4.78 is 0. The van der Waals surface area contributed by atoms with Crippen molar-refractivity contribution in [2.24, 2.45) is 5.73 Å². The van der Waals surface area contributed by atoms with E-state index in [4.69, 9.17) is 5.73 Å². The molecule has 0 aromatic carbocycles. The average molecular weight is 187 g/mol. The summed E-state index contributed by atoms with van der Waals surface area (Å²) in [4.78, 5) is 2.41. The van der Waals surface area contributed by atoms with E-state index >= 15 is 0 Å². The molecule has 0 saturated carbocycles. The molecule has 0 bridgehead atoms. The molecule has 0 aliphatic carbocycles. The number of nitrogens with zero attached hydrogens (tertiary/aromatic N) is 1. The van der Waals surface area contributed by atoms with Crippen molar-refractivity contribution in [2.75, 3.05) is 32.7 Å². The van der Waals surface area contributed by atoms with E-state index in [1.165, 1.54) is 0 Å². The van der Waals surface area contributed by atoms with Crippen LogP contribution in [-0.2, 0) is 0 Å². The molecule has 0 fully saturated rings. The van der Waals surface area contributed by atoms with Crippen LogP contribution in [-0.4, -0.2) is 43.7 Å². The minimum atomic E-state index is 0.496. The van der Waals surface area contributed by atoms with Crippen LogP contribution < -0.4 is 11.1 Å². The summed E-state index contributed by atoms with van der Waals surface area (Å²) in [6, 6.07) is 0.496. The van der Waals surface area contributed by atoms with Crippen molar-refractivity contribution in [3.05, 3.63) is 0 Å². The molecule has 3 nitrogen and oxygen atoms in total. The zero-order valence-corrected chi connectivity index (χ0v) is 9.34. The van der Waals surface area contributed by atoms with Gasteiger partial charge in [0.2, 0.25) is 0 Å². The van der Waals surface area contributed by atoms with Crippen LogP contribution in [0.3, 0.4) is 0 Å². The Hall–Kier alpha value is -0.120. The lowest BCUT2D eigenvalue weighted by Gasteiger charge is -2.20. The van der Waals surface area contributed by atoms with Gasteiger partial charge in [-0.25, -0.2) is 0 Å². The molecule has 0 aromatic rings. The molecule has 0 heterocycles. The number of hydrogen-bond acceptors (Lipinski definition) is 3. The maximum absolute atomic E-state index is 5.59. The summed E-state index contributed by atoms with van der Waals surface area (Å²) >= 11 is 0. The van der Waals surface area contributed by atoms with E-state index < -0.39 is 0 Å². The summed E-state index contributed by atoms with van der Waals surface area (Å²) in [5, 5.41) is 3.45. The van der Waals surface area contributed by atoms with E-state index in [9.17, 15) is 0 Å². The second kappa shape index (κ2) is 8.48. The molecule has 0 saturated heterocycles. The van der Waals surface area contributed by atoms with Gasteiger partial charge >= 0.3 is 0 Å². The first-order valence-electron chi connectivity index (χ1n) is 5.44. The predicted octanol–water partition coefficient (Wildman–Crippen LogP) is 0.655. The molecule has 3 heteroatoms. The Morgan fingerprint density at radius 3 is 2.23 bits per heavy atom. The van der Waals surface area contributed by atoms with Crippen LogP contribution in [0, 0.1) is 0 Å². The fourth-order valence-electron chi connectivity index (χ4n) is 1.36. The lowest BCUT2D eigenvalue weighted by Crippen LogP contribution is -2.40. The van der Waals surface area contributed by atoms with Crippen molar-refractivity contribution in [3.63, 3.8) is 0 Å². The number of likely N-dealkylation sites (N-methyl/N-ethyl adjacent to an activating group) is 1. The molecule has 13 heavy (non-hydrogen) atoms. The number of hydrogen-bond donors (Lipinski definition) is 2. The van der Waals surface area contributed by atoms with E-state index in [0.29, 0.717) is 6.04 Å². The summed E-state index contributed by atoms with van der Waals surface area (Å²) in [6.45, 7) is 11.8. The van der Waals surface area contributed by atoms with Gasteiger partial charge in [0.05, 0.1) is 0 Å². The van der Waals surface area contributed by atoms with Crippen LogP contribution in [0.4, 0.5) is 0 Å². The first kappa shape index (κ1) is 12.9. The maximum atomic E-state index is 5.59. The third kappa shape index (κ3) is 6.02. The lowest BCUT2D eigenvalue weighted by molar-refractivity contribution is 0.295. The number of rotatable bonds is 8. The third-order valence-corrected chi connectivity index (χ3v) is 2.53. The van der Waals surface area contributed by atoms with Crippen LogP contribution in [0.15, 0.2) is 0 Å². The molecule has 1 atom stereocenters. The van der Waals surface area contributed by atoms with Crippen molar-refractivity contribution in [3.8, 4) is 0 Å². The Kier molecular flexibility index (Phi) is 8.40. The quantitative estimate of drug-likeness (QED) is 0.586. The molecular weight excluding hydrogens is 162 g/mol. The fourth-order valence-corrected chi connectivity index (χ4v) is 1.36. The molecular formula is C10H25N3. The summed E-state index contributed by atoms with van der Waals surface area (Å²) in [6.07, 6.45) is 1.12. The monoisotopic (exact) mass is 187 g/mol. The van der Waals surface area contributed by atoms with Gasteiger partial charge in [0.1, 0.15) is 0 Å². The molecule has 0 radical (unpaired) electrons. The van der Waals surface area contributed by atoms with Crippen LogP contribution in [0.5, 0.6) is 0 Å². The topological polar surface area (TPSA) is 41.3 Å². The molecule has 0 aromatic heterocycles. The lowest BCUT2D eigenvalue weighted by atomic mass is 10.2. The molecule has 0 spiro atoms. The van der Waals surface area contributed by atoms with Gasteiger partial charge in [-0.05, 0) is 19.5 Å². The predicted molar refractivity (Wildman–Crippen MR) is 58.9 cm³/mol. The molecule has 0 amide bonds. The maximum Gasteiger partial charge on any atom is 0.0188 e. The molecule has 80 valence electrons. The largest absolute Gasteiger partial charge is 0.329 e. The summed E-state index contributed by atoms with van der Waals surface area (Å²) in [5.74, 6) is 0. The van der Waals surface area contributed by atoms with Gasteiger partial charge in [0, 0.05) is 25.7 Å². The SMILES string of the molecule is CCC(CN)NCCN(CC)CC. The van der Waals surface area contributed by atoms with Gasteiger partial charge in [-0.1, -0.05) is 20.8 Å². The van der Waals surface area contributed by atoms with Crippen molar-refractivity contribution < 1.29 is 0 Å². The molecule has 1 unspecified atom stereocenters. The number of nitrogens with one attached hydrogen (secondary N) is 1. The van der Waals surface area contributed by atoms with E-state index in [1.54, 1.807) is 0 Å². The number of nitrogens with two attached hydrogens (primary N) is 1. The highest BCUT2D eigenvalue weighted by molar-refractivity contribution is 4.66. The normalized spacial score (nSPS) is 13.6. The first-order valence-corrected chi connectivity index (χ1v) is 5.44. The van der Waals surface area contributed by atoms with Crippen LogP contribution in [0.1, 0.15) is 27.2 Å². The van der Waals surface area contributed by atoms with E-state index in [-0.39, 0.29) is 0 Å². The zero-order valence-electron chi connectivity index (χ0n) is 9.34. The highest BCUT2D eigenvalue weighted by atomic mass is 15.1. The Morgan fingerprint density at radius 2 is 1.85 bits per heavy atom. The van der Waals surface area contributed by atoms with Gasteiger partial charge in [0.15, 0.2) is 0 Å². The Bertz CT molecular complexity index is 86.3. The average Bonchev–Trinajstić information content (AvgIpc) is 2.19. The molecule has 0 aliphatic heterocycles. The second-order valence-electron chi connectivity index (χ2n) is 3.32. The highest BCUT2D eigenvalue weighted by Gasteiger charge is 2.03. The van der Waals surface area contributed by atoms with E-state index in [1.807, 2.05) is 0 Å². The second-order valence-corrected chi connectivity index (χ2v) is 3.32. The van der Waals surface area contributed by atoms with Gasteiger partial charge in [-0.15, -0.1) is 0 Å². The van der Waals surface area contributed by atoms with Crippen LogP contribution in [0.25, 0.3) is 0 Å². The minimum Gasteiger partial charge on any atom is -0.329 e. The Labute approximate surface area is 82.7 Å². The molecule has 0 aliphatic rings. The van der Waals surface area contributed by atoms with Crippen molar-refractivity contribution >= 4 is 0 Å². The molecule has 0 rings (SSSR count). The van der Waals surface area contributed by atoms with Gasteiger partial charge < -0.3 is 16.0 Å². The zero-order chi connectivity index (χ0) is 10.1. The minimum absolute atomic E-state index is 0.496. The Morgan fingerprint density at radius 1 is 1.23 bits per heavy atom. The van der Waals surface area contributed by atoms with Crippen molar-refractivity contribution in [1.29, 1.82) is 0 Å². The Balaban J connectivity index is 3.41. The van der Waals surface area contributed by atoms with Crippen LogP contribution >= 0.6 is 0 Å². The highest BCUT2D eigenvalue weighted by Crippen LogP contribution is 1.88. The first-order chi connectivity index (χ1) is 6.28. The van der Waals surface area contributed by atoms with E-state index in [2.05, 4.69) is 31.0 Å². The smallest absolute Gasteiger partial charge is 0.0188 e. The van der Waals surface area contributed by atoms with Gasteiger partial charge in [0.25, 0.3) is 0 Å². The van der Waals surface area contributed by atoms with E-state index in [0.717, 1.165) is 39.1 Å². The summed E-state index contributed by atoms with van der Waals surface area (Å²) in [5.41, 5.74) is 5.59.